The van der Waals surface area contributed by atoms with Crippen molar-refractivity contribution in [3.8, 4) is 5.75 Å². The van der Waals surface area contributed by atoms with Gasteiger partial charge in [-0.05, 0) is 29.8 Å². The van der Waals surface area contributed by atoms with Crippen molar-refractivity contribution in [3.63, 3.8) is 0 Å². The number of halogens is 1. The van der Waals surface area contributed by atoms with Gasteiger partial charge in [0, 0.05) is 11.8 Å². The molecule has 0 saturated heterocycles. The Bertz CT molecular complexity index is 867. The number of nitrogen functional groups attached to an aromatic ring is 1. The first-order valence-corrected chi connectivity index (χ1v) is 6.30. The molecule has 0 bridgehead atoms. The molecule has 0 radical (unpaired) electrons. The highest BCUT2D eigenvalue weighted by atomic mass is 19.1. The van der Waals surface area contributed by atoms with Gasteiger partial charge in [0.1, 0.15) is 0 Å². The number of fused-ring (bicyclic) bond motifs is 1. The lowest BCUT2D eigenvalue weighted by Gasteiger charge is -2.06. The summed E-state index contributed by atoms with van der Waals surface area (Å²) in [7, 11) is 1.40. The first kappa shape index (κ1) is 13.2. The van der Waals surface area contributed by atoms with Crippen LogP contribution in [0.5, 0.6) is 5.75 Å². The molecule has 2 N–H and O–H groups in total. The molecule has 0 atom stereocenters. The van der Waals surface area contributed by atoms with Gasteiger partial charge < -0.3 is 14.9 Å². The minimum atomic E-state index is -0.508. The summed E-state index contributed by atoms with van der Waals surface area (Å²) in [4.78, 5) is 11.9. The standard InChI is InChI=1S/C15H13FN2O3/c1-20-13-5-2-9(6-11(13)16)8-18-12-4-3-10(17)7-14(12)21-15(18)19/h2-7H,8,17H2,1H3. The average Bonchev–Trinajstić information content (AvgIpc) is 2.74. The van der Waals surface area contributed by atoms with E-state index in [1.165, 1.54) is 23.8 Å². The Balaban J connectivity index is 2.04. The number of nitrogens with zero attached hydrogens (tertiary/aromatic N) is 1. The molecule has 2 aromatic carbocycles. The van der Waals surface area contributed by atoms with Gasteiger partial charge in [0.05, 0.1) is 19.2 Å². The zero-order valence-electron chi connectivity index (χ0n) is 11.3. The van der Waals surface area contributed by atoms with Crippen molar-refractivity contribution in [2.24, 2.45) is 0 Å². The zero-order valence-corrected chi connectivity index (χ0v) is 11.3. The third-order valence-corrected chi connectivity index (χ3v) is 3.25. The number of methoxy groups -OCH3 is 1. The molecule has 0 aliphatic rings. The van der Waals surface area contributed by atoms with Crippen molar-refractivity contribution in [3.05, 3.63) is 58.3 Å². The predicted molar refractivity (Wildman–Crippen MR) is 76.9 cm³/mol. The van der Waals surface area contributed by atoms with Crippen LogP contribution in [0.15, 0.2) is 45.6 Å². The molecule has 0 aliphatic carbocycles. The van der Waals surface area contributed by atoms with Gasteiger partial charge in [0.25, 0.3) is 0 Å². The molecular weight excluding hydrogens is 275 g/mol. The van der Waals surface area contributed by atoms with Crippen molar-refractivity contribution < 1.29 is 13.5 Å². The third kappa shape index (κ3) is 2.35. The summed E-state index contributed by atoms with van der Waals surface area (Å²) in [5.41, 5.74) is 7.83. The second-order valence-electron chi connectivity index (χ2n) is 4.65. The van der Waals surface area contributed by atoms with Crippen molar-refractivity contribution in [2.45, 2.75) is 6.54 Å². The van der Waals surface area contributed by atoms with Crippen LogP contribution in [0.2, 0.25) is 0 Å². The summed E-state index contributed by atoms with van der Waals surface area (Å²) in [6.07, 6.45) is 0. The summed E-state index contributed by atoms with van der Waals surface area (Å²) in [5.74, 6) is -0.817. The molecule has 0 amide bonds. The van der Waals surface area contributed by atoms with Crippen molar-refractivity contribution in [1.82, 2.24) is 4.57 Å². The largest absolute Gasteiger partial charge is 0.494 e. The minimum absolute atomic E-state index is 0.163. The van der Waals surface area contributed by atoms with Crippen molar-refractivity contribution in [2.75, 3.05) is 12.8 Å². The topological polar surface area (TPSA) is 70.4 Å². The lowest BCUT2D eigenvalue weighted by molar-refractivity contribution is 0.386. The molecule has 0 fully saturated rings. The summed E-state index contributed by atoms with van der Waals surface area (Å²) in [5, 5.41) is 0. The van der Waals surface area contributed by atoms with E-state index in [1.807, 2.05) is 0 Å². The van der Waals surface area contributed by atoms with Crippen LogP contribution < -0.4 is 16.2 Å². The maximum Gasteiger partial charge on any atom is 0.420 e. The Morgan fingerprint density at radius 2 is 2.10 bits per heavy atom. The third-order valence-electron chi connectivity index (χ3n) is 3.25. The SMILES string of the molecule is COc1ccc(Cn2c(=O)oc3cc(N)ccc32)cc1F. The highest BCUT2D eigenvalue weighted by Gasteiger charge is 2.11. The first-order chi connectivity index (χ1) is 10.1. The van der Waals surface area contributed by atoms with Crippen LogP contribution in [0.1, 0.15) is 5.56 Å². The van der Waals surface area contributed by atoms with Crippen LogP contribution in [0.4, 0.5) is 10.1 Å². The monoisotopic (exact) mass is 288 g/mol. The summed E-state index contributed by atoms with van der Waals surface area (Å²) in [6, 6.07) is 9.53. The zero-order chi connectivity index (χ0) is 15.0. The van der Waals surface area contributed by atoms with Crippen LogP contribution in [0.3, 0.4) is 0 Å². The number of aromatic nitrogens is 1. The van der Waals surface area contributed by atoms with E-state index >= 15 is 0 Å². The van der Waals surface area contributed by atoms with Crippen LogP contribution in [0, 0.1) is 5.82 Å². The Hall–Kier alpha value is -2.76. The highest BCUT2D eigenvalue weighted by molar-refractivity contribution is 5.76. The fourth-order valence-electron chi connectivity index (χ4n) is 2.22. The Kier molecular flexibility index (Phi) is 3.13. The fraction of sp³-hybridized carbons (Fsp3) is 0.133. The summed E-state index contributed by atoms with van der Waals surface area (Å²) >= 11 is 0. The first-order valence-electron chi connectivity index (χ1n) is 6.30. The van der Waals surface area contributed by atoms with E-state index in [2.05, 4.69) is 0 Å². The molecule has 108 valence electrons. The molecule has 5 nitrogen and oxygen atoms in total. The average molecular weight is 288 g/mol. The van der Waals surface area contributed by atoms with Gasteiger partial charge in [-0.1, -0.05) is 6.07 Å². The predicted octanol–water partition coefficient (Wildman–Crippen LogP) is 2.37. The number of benzene rings is 2. The lowest BCUT2D eigenvalue weighted by atomic mass is 10.2. The molecule has 3 rings (SSSR count). The smallest absolute Gasteiger partial charge is 0.420 e. The number of oxazole rings is 1. The van der Waals surface area contributed by atoms with E-state index in [4.69, 9.17) is 14.9 Å². The van der Waals surface area contributed by atoms with Gasteiger partial charge in [0.15, 0.2) is 17.1 Å². The molecule has 1 heterocycles. The molecule has 1 aromatic heterocycles. The van der Waals surface area contributed by atoms with Crippen LogP contribution in [-0.4, -0.2) is 11.7 Å². The lowest BCUT2D eigenvalue weighted by Crippen LogP contribution is -2.15. The second kappa shape index (κ2) is 4.97. The van der Waals surface area contributed by atoms with Crippen LogP contribution >= 0.6 is 0 Å². The van der Waals surface area contributed by atoms with Gasteiger partial charge in [0.2, 0.25) is 0 Å². The molecule has 0 unspecified atom stereocenters. The summed E-state index contributed by atoms with van der Waals surface area (Å²) < 4.78 is 25.1. The normalized spacial score (nSPS) is 11.0. The fourth-order valence-corrected chi connectivity index (χ4v) is 2.22. The van der Waals surface area contributed by atoms with E-state index in [0.717, 1.165) is 0 Å². The highest BCUT2D eigenvalue weighted by Crippen LogP contribution is 2.20. The Labute approximate surface area is 119 Å². The van der Waals surface area contributed by atoms with E-state index < -0.39 is 11.6 Å². The number of rotatable bonds is 3. The Morgan fingerprint density at radius 3 is 2.81 bits per heavy atom. The number of ether oxygens (including phenoxy) is 1. The number of nitrogens with two attached hydrogens (primary N) is 1. The van der Waals surface area contributed by atoms with E-state index in [0.29, 0.717) is 22.4 Å². The Morgan fingerprint density at radius 1 is 1.29 bits per heavy atom. The number of hydrogen-bond donors (Lipinski definition) is 1. The van der Waals surface area contributed by atoms with Gasteiger partial charge in [-0.2, -0.15) is 0 Å². The molecule has 0 spiro atoms. The van der Waals surface area contributed by atoms with Crippen molar-refractivity contribution in [1.29, 1.82) is 0 Å². The summed E-state index contributed by atoms with van der Waals surface area (Å²) in [6.45, 7) is 0.205. The maximum absolute atomic E-state index is 13.7. The molecule has 3 aromatic rings. The number of anilines is 1. The minimum Gasteiger partial charge on any atom is -0.494 e. The molecule has 6 heteroatoms. The van der Waals surface area contributed by atoms with Gasteiger partial charge in [-0.15, -0.1) is 0 Å². The quantitative estimate of drug-likeness (QED) is 0.751. The molecule has 0 saturated carbocycles. The van der Waals surface area contributed by atoms with Gasteiger partial charge >= 0.3 is 5.76 Å². The van der Waals surface area contributed by atoms with Crippen molar-refractivity contribution >= 4 is 16.8 Å². The van der Waals surface area contributed by atoms with E-state index in [-0.39, 0.29) is 12.3 Å². The van der Waals surface area contributed by atoms with E-state index in [9.17, 15) is 9.18 Å². The molecular formula is C15H13FN2O3. The van der Waals surface area contributed by atoms with Gasteiger partial charge in [-0.3, -0.25) is 4.57 Å². The van der Waals surface area contributed by atoms with Crippen LogP contribution in [-0.2, 0) is 6.54 Å². The maximum atomic E-state index is 13.7. The molecule has 0 aliphatic heterocycles. The second-order valence-corrected chi connectivity index (χ2v) is 4.65. The van der Waals surface area contributed by atoms with E-state index in [1.54, 1.807) is 24.3 Å². The molecule has 21 heavy (non-hydrogen) atoms. The number of hydrogen-bond acceptors (Lipinski definition) is 4. The van der Waals surface area contributed by atoms with Crippen LogP contribution in [0.25, 0.3) is 11.1 Å². The van der Waals surface area contributed by atoms with Gasteiger partial charge in [-0.25, -0.2) is 9.18 Å².